The molecule has 1 amide bonds. The van der Waals surface area contributed by atoms with Crippen LogP contribution in [-0.2, 0) is 6.18 Å². The van der Waals surface area contributed by atoms with Gasteiger partial charge in [0.1, 0.15) is 5.69 Å². The van der Waals surface area contributed by atoms with Crippen LogP contribution in [0.15, 0.2) is 23.8 Å². The lowest BCUT2D eigenvalue weighted by Gasteiger charge is -2.08. The zero-order valence-electron chi connectivity index (χ0n) is 10.6. The van der Waals surface area contributed by atoms with Crippen LogP contribution in [0.25, 0.3) is 0 Å². The molecule has 2 heterocycles. The molecule has 21 heavy (non-hydrogen) atoms. The van der Waals surface area contributed by atoms with Crippen LogP contribution in [0.1, 0.15) is 39.8 Å². The van der Waals surface area contributed by atoms with Crippen LogP contribution in [-0.4, -0.2) is 15.9 Å². The summed E-state index contributed by atoms with van der Waals surface area (Å²) < 4.78 is 37.7. The number of pyridine rings is 1. The van der Waals surface area contributed by atoms with E-state index in [1.165, 1.54) is 17.5 Å². The minimum Gasteiger partial charge on any atom is -0.319 e. The van der Waals surface area contributed by atoms with E-state index in [0.29, 0.717) is 12.1 Å². The van der Waals surface area contributed by atoms with E-state index in [1.54, 1.807) is 5.38 Å². The molecule has 3 rings (SSSR count). The summed E-state index contributed by atoms with van der Waals surface area (Å²) in [6.07, 6.45) is -0.462. The topological polar surface area (TPSA) is 54.9 Å². The minimum atomic E-state index is -4.49. The number of thiazole rings is 1. The molecule has 1 N–H and O–H groups in total. The Kier molecular flexibility index (Phi) is 3.40. The van der Waals surface area contributed by atoms with Gasteiger partial charge in [0.15, 0.2) is 0 Å². The van der Waals surface area contributed by atoms with Gasteiger partial charge in [0.05, 0.1) is 22.5 Å². The Labute approximate surface area is 122 Å². The lowest BCUT2D eigenvalue weighted by Crippen LogP contribution is -2.14. The Morgan fingerprint density at radius 3 is 2.76 bits per heavy atom. The van der Waals surface area contributed by atoms with E-state index in [4.69, 9.17) is 0 Å². The Morgan fingerprint density at radius 1 is 1.33 bits per heavy atom. The highest BCUT2D eigenvalue weighted by molar-refractivity contribution is 7.10. The van der Waals surface area contributed by atoms with Crippen molar-refractivity contribution in [3.8, 4) is 0 Å². The summed E-state index contributed by atoms with van der Waals surface area (Å²) >= 11 is 1.40. The van der Waals surface area contributed by atoms with Crippen LogP contribution >= 0.6 is 11.3 Å². The molecule has 1 saturated carbocycles. The molecule has 0 radical (unpaired) electrons. The molecular weight excluding hydrogens is 303 g/mol. The van der Waals surface area contributed by atoms with E-state index < -0.39 is 17.6 Å². The van der Waals surface area contributed by atoms with Gasteiger partial charge in [-0.25, -0.2) is 4.98 Å². The summed E-state index contributed by atoms with van der Waals surface area (Å²) in [5, 5.41) is 4.91. The maximum absolute atomic E-state index is 12.6. The van der Waals surface area contributed by atoms with Crippen LogP contribution in [0.4, 0.5) is 18.9 Å². The monoisotopic (exact) mass is 313 g/mol. The minimum absolute atomic E-state index is 0.00389. The number of nitrogens with one attached hydrogen (secondary N) is 1. The zero-order chi connectivity index (χ0) is 15.0. The molecular formula is C13H10F3N3OS. The second-order valence-electron chi connectivity index (χ2n) is 4.76. The molecule has 0 atom stereocenters. The number of amides is 1. The molecule has 0 aromatic carbocycles. The lowest BCUT2D eigenvalue weighted by molar-refractivity contribution is -0.137. The molecule has 0 bridgehead atoms. The molecule has 8 heteroatoms. The van der Waals surface area contributed by atoms with Crippen molar-refractivity contribution in [2.45, 2.75) is 24.9 Å². The van der Waals surface area contributed by atoms with Gasteiger partial charge in [-0.1, -0.05) is 0 Å². The van der Waals surface area contributed by atoms with E-state index in [2.05, 4.69) is 15.3 Å². The van der Waals surface area contributed by atoms with Gasteiger partial charge in [0.2, 0.25) is 0 Å². The van der Waals surface area contributed by atoms with Gasteiger partial charge < -0.3 is 5.32 Å². The van der Waals surface area contributed by atoms with Crippen LogP contribution < -0.4 is 5.32 Å². The second kappa shape index (κ2) is 5.10. The average molecular weight is 313 g/mol. The van der Waals surface area contributed by atoms with E-state index >= 15 is 0 Å². The third kappa shape index (κ3) is 3.21. The lowest BCUT2D eigenvalue weighted by atomic mass is 10.2. The summed E-state index contributed by atoms with van der Waals surface area (Å²) in [4.78, 5) is 19.6. The molecule has 0 saturated heterocycles. The first-order valence-corrected chi connectivity index (χ1v) is 7.10. The van der Waals surface area contributed by atoms with Crippen molar-refractivity contribution in [2.24, 2.45) is 0 Å². The van der Waals surface area contributed by atoms with E-state index in [1.807, 2.05) is 0 Å². The summed E-state index contributed by atoms with van der Waals surface area (Å²) in [6.45, 7) is 0. The maximum Gasteiger partial charge on any atom is 0.417 e. The van der Waals surface area contributed by atoms with Gasteiger partial charge in [-0.3, -0.25) is 9.78 Å². The fraction of sp³-hybridized carbons (Fsp3) is 0.308. The molecule has 0 spiro atoms. The smallest absolute Gasteiger partial charge is 0.319 e. The summed E-state index contributed by atoms with van der Waals surface area (Å²) in [6, 6.07) is 0.846. The average Bonchev–Trinajstić information content (AvgIpc) is 3.15. The van der Waals surface area contributed by atoms with Crippen LogP contribution in [0, 0.1) is 0 Å². The van der Waals surface area contributed by atoms with Crippen molar-refractivity contribution in [1.29, 1.82) is 0 Å². The third-order valence-electron chi connectivity index (χ3n) is 3.00. The highest BCUT2D eigenvalue weighted by Crippen LogP contribution is 2.41. The van der Waals surface area contributed by atoms with Crippen molar-refractivity contribution >= 4 is 22.9 Å². The third-order valence-corrected chi connectivity index (χ3v) is 4.01. The molecule has 1 fully saturated rings. The molecule has 0 aliphatic heterocycles. The molecule has 1 aliphatic carbocycles. The van der Waals surface area contributed by atoms with Gasteiger partial charge in [-0.05, 0) is 18.9 Å². The number of rotatable bonds is 3. The van der Waals surface area contributed by atoms with Gasteiger partial charge in [0.25, 0.3) is 5.91 Å². The van der Waals surface area contributed by atoms with Crippen molar-refractivity contribution in [1.82, 2.24) is 9.97 Å². The van der Waals surface area contributed by atoms with Gasteiger partial charge in [-0.15, -0.1) is 11.3 Å². The highest BCUT2D eigenvalue weighted by Gasteiger charge is 2.31. The van der Waals surface area contributed by atoms with Crippen molar-refractivity contribution in [3.63, 3.8) is 0 Å². The quantitative estimate of drug-likeness (QED) is 0.940. The largest absolute Gasteiger partial charge is 0.417 e. The van der Waals surface area contributed by atoms with Crippen molar-refractivity contribution < 1.29 is 18.0 Å². The SMILES string of the molecule is O=C(Nc1cncc(C(F)(F)F)c1)c1csc(C2CC2)n1. The predicted octanol–water partition coefficient (Wildman–Crippen LogP) is 3.69. The molecule has 2 aromatic heterocycles. The van der Waals surface area contributed by atoms with Crippen LogP contribution in [0.2, 0.25) is 0 Å². The Hall–Kier alpha value is -1.96. The fourth-order valence-corrected chi connectivity index (χ4v) is 2.74. The fourth-order valence-electron chi connectivity index (χ4n) is 1.77. The summed E-state index contributed by atoms with van der Waals surface area (Å²) in [5.74, 6) is -0.0916. The Balaban J connectivity index is 1.74. The number of aromatic nitrogens is 2. The standard InChI is InChI=1S/C13H10F3N3OS/c14-13(15,16)8-3-9(5-17-4-8)18-11(20)10-6-21-12(19-10)7-1-2-7/h3-7H,1-2H2,(H,18,20). The highest BCUT2D eigenvalue weighted by atomic mass is 32.1. The number of carbonyl (C=O) groups is 1. The first-order valence-electron chi connectivity index (χ1n) is 6.22. The summed E-state index contributed by atoms with van der Waals surface area (Å²) in [5.41, 5.74) is -0.688. The maximum atomic E-state index is 12.6. The molecule has 1 aliphatic rings. The number of hydrogen-bond acceptors (Lipinski definition) is 4. The molecule has 2 aromatic rings. The number of halogens is 3. The molecule has 110 valence electrons. The first kappa shape index (κ1) is 14.0. The van der Waals surface area contributed by atoms with E-state index in [-0.39, 0.29) is 11.4 Å². The van der Waals surface area contributed by atoms with Crippen molar-refractivity contribution in [2.75, 3.05) is 5.32 Å². The second-order valence-corrected chi connectivity index (χ2v) is 5.65. The van der Waals surface area contributed by atoms with Gasteiger partial charge in [0, 0.05) is 17.5 Å². The predicted molar refractivity (Wildman–Crippen MR) is 71.3 cm³/mol. The van der Waals surface area contributed by atoms with E-state index in [0.717, 1.165) is 23.9 Å². The van der Waals surface area contributed by atoms with Gasteiger partial charge >= 0.3 is 6.18 Å². The van der Waals surface area contributed by atoms with Crippen LogP contribution in [0.5, 0.6) is 0 Å². The number of carbonyl (C=O) groups excluding carboxylic acids is 1. The van der Waals surface area contributed by atoms with Gasteiger partial charge in [-0.2, -0.15) is 13.2 Å². The Bertz CT molecular complexity index is 679. The number of hydrogen-bond donors (Lipinski definition) is 1. The Morgan fingerprint density at radius 2 is 2.10 bits per heavy atom. The number of nitrogens with zero attached hydrogens (tertiary/aromatic N) is 2. The number of alkyl halides is 3. The number of anilines is 1. The molecule has 4 nitrogen and oxygen atoms in total. The van der Waals surface area contributed by atoms with Crippen molar-refractivity contribution in [3.05, 3.63) is 40.1 Å². The molecule has 0 unspecified atom stereocenters. The van der Waals surface area contributed by atoms with Crippen LogP contribution in [0.3, 0.4) is 0 Å². The first-order chi connectivity index (χ1) is 9.93. The zero-order valence-corrected chi connectivity index (χ0v) is 11.5. The normalized spacial score (nSPS) is 15.0. The summed E-state index contributed by atoms with van der Waals surface area (Å²) in [7, 11) is 0. The van der Waals surface area contributed by atoms with E-state index in [9.17, 15) is 18.0 Å².